The molecule has 1 aliphatic carbocycles. The average Bonchev–Trinajstić information content (AvgIpc) is 3.24. The van der Waals surface area contributed by atoms with Crippen molar-refractivity contribution in [2.45, 2.75) is 50.6 Å². The zero-order chi connectivity index (χ0) is 16.5. The van der Waals surface area contributed by atoms with E-state index in [0.29, 0.717) is 18.2 Å². The van der Waals surface area contributed by atoms with Crippen LogP contribution in [0.4, 0.5) is 0 Å². The molecule has 3 atom stereocenters. The van der Waals surface area contributed by atoms with Crippen LogP contribution in [0.3, 0.4) is 0 Å². The molecule has 1 aliphatic heterocycles. The van der Waals surface area contributed by atoms with Crippen LogP contribution in [0.25, 0.3) is 10.8 Å². The molecule has 4 rings (SSSR count). The molecule has 0 spiro atoms. The normalized spacial score (nSPS) is 27.0. The van der Waals surface area contributed by atoms with Gasteiger partial charge in [0.15, 0.2) is 0 Å². The van der Waals surface area contributed by atoms with Crippen molar-refractivity contribution in [3.8, 4) is 0 Å². The Bertz CT molecular complexity index is 736. The van der Waals surface area contributed by atoms with Crippen molar-refractivity contribution in [2.75, 3.05) is 6.54 Å². The lowest BCUT2D eigenvalue weighted by Gasteiger charge is -2.28. The number of nitrogens with two attached hydrogens (primary N) is 1. The molecule has 1 saturated carbocycles. The van der Waals surface area contributed by atoms with Crippen molar-refractivity contribution < 1.29 is 4.79 Å². The van der Waals surface area contributed by atoms with Crippen molar-refractivity contribution >= 4 is 16.7 Å². The summed E-state index contributed by atoms with van der Waals surface area (Å²) >= 11 is 0. The van der Waals surface area contributed by atoms with Gasteiger partial charge in [-0.25, -0.2) is 0 Å². The van der Waals surface area contributed by atoms with Crippen LogP contribution in [0.15, 0.2) is 42.5 Å². The Hall–Kier alpha value is -1.87. The quantitative estimate of drug-likeness (QED) is 0.927. The molecule has 0 radical (unpaired) electrons. The standard InChI is InChI=1S/C21H26N2O/c22-19-11-4-8-16(19)14-21(24)23-13-5-12-20(23)18-10-3-7-15-6-1-2-9-17(15)18/h1-3,6-7,9-10,16,19-20H,4-5,8,11-14,22H2/t16-,19+,20?/m0/s1. The Morgan fingerprint density at radius 3 is 2.71 bits per heavy atom. The van der Waals surface area contributed by atoms with Gasteiger partial charge in [-0.1, -0.05) is 48.9 Å². The van der Waals surface area contributed by atoms with E-state index in [2.05, 4.69) is 47.4 Å². The van der Waals surface area contributed by atoms with Crippen LogP contribution < -0.4 is 5.73 Å². The van der Waals surface area contributed by atoms with Gasteiger partial charge in [-0.15, -0.1) is 0 Å². The molecule has 1 unspecified atom stereocenters. The van der Waals surface area contributed by atoms with Gasteiger partial charge in [-0.3, -0.25) is 4.79 Å². The Balaban J connectivity index is 1.59. The second-order valence-electron chi connectivity index (χ2n) is 7.37. The molecule has 2 N–H and O–H groups in total. The molecule has 2 aliphatic rings. The lowest BCUT2D eigenvalue weighted by atomic mass is 9.96. The third-order valence-electron chi connectivity index (χ3n) is 5.91. The molecule has 126 valence electrons. The summed E-state index contributed by atoms with van der Waals surface area (Å²) in [6.07, 6.45) is 6.14. The number of carbonyl (C=O) groups excluding carboxylic acids is 1. The maximum atomic E-state index is 12.9. The molecule has 0 bridgehead atoms. The van der Waals surface area contributed by atoms with Crippen molar-refractivity contribution in [2.24, 2.45) is 11.7 Å². The highest BCUT2D eigenvalue weighted by molar-refractivity contribution is 5.87. The minimum atomic E-state index is 0.215. The highest BCUT2D eigenvalue weighted by Gasteiger charge is 2.34. The summed E-state index contributed by atoms with van der Waals surface area (Å²) in [7, 11) is 0. The summed E-state index contributed by atoms with van der Waals surface area (Å²) in [5, 5.41) is 2.54. The monoisotopic (exact) mass is 322 g/mol. The van der Waals surface area contributed by atoms with Crippen molar-refractivity contribution in [3.63, 3.8) is 0 Å². The van der Waals surface area contributed by atoms with E-state index in [1.807, 2.05) is 0 Å². The third kappa shape index (κ3) is 2.82. The van der Waals surface area contributed by atoms with E-state index >= 15 is 0 Å². The summed E-state index contributed by atoms with van der Waals surface area (Å²) in [5.74, 6) is 0.680. The van der Waals surface area contributed by atoms with E-state index in [-0.39, 0.29) is 12.1 Å². The van der Waals surface area contributed by atoms with Crippen molar-refractivity contribution in [3.05, 3.63) is 48.0 Å². The van der Waals surface area contributed by atoms with Crippen LogP contribution in [-0.4, -0.2) is 23.4 Å². The van der Waals surface area contributed by atoms with Crippen LogP contribution >= 0.6 is 0 Å². The van der Waals surface area contributed by atoms with Gasteiger partial charge in [-0.05, 0) is 47.9 Å². The second kappa shape index (κ2) is 6.56. The van der Waals surface area contributed by atoms with Gasteiger partial charge in [0.1, 0.15) is 0 Å². The second-order valence-corrected chi connectivity index (χ2v) is 7.37. The third-order valence-corrected chi connectivity index (χ3v) is 5.91. The highest BCUT2D eigenvalue weighted by Crippen LogP contribution is 2.37. The molecule has 3 nitrogen and oxygen atoms in total. The summed E-state index contributed by atoms with van der Waals surface area (Å²) in [6, 6.07) is 15.4. The number of hydrogen-bond acceptors (Lipinski definition) is 2. The van der Waals surface area contributed by atoms with Crippen molar-refractivity contribution in [1.82, 2.24) is 4.90 Å². The SMILES string of the molecule is N[C@@H]1CCC[C@H]1CC(=O)N1CCCC1c1cccc2ccccc12. The number of nitrogens with zero attached hydrogens (tertiary/aromatic N) is 1. The van der Waals surface area contributed by atoms with Crippen molar-refractivity contribution in [1.29, 1.82) is 0 Å². The van der Waals surface area contributed by atoms with Crippen LogP contribution in [0, 0.1) is 5.92 Å². The van der Waals surface area contributed by atoms with Gasteiger partial charge < -0.3 is 10.6 Å². The maximum Gasteiger partial charge on any atom is 0.223 e. The molecule has 0 aromatic heterocycles. The zero-order valence-corrected chi connectivity index (χ0v) is 14.2. The van der Waals surface area contributed by atoms with Gasteiger partial charge in [0.2, 0.25) is 5.91 Å². The molecule has 2 aromatic carbocycles. The fraction of sp³-hybridized carbons (Fsp3) is 0.476. The lowest BCUT2D eigenvalue weighted by molar-refractivity contribution is -0.133. The van der Waals surface area contributed by atoms with Crippen LogP contribution in [-0.2, 0) is 4.79 Å². The molecular formula is C21H26N2O. The van der Waals surface area contributed by atoms with E-state index in [0.717, 1.165) is 32.2 Å². The van der Waals surface area contributed by atoms with Gasteiger partial charge in [-0.2, -0.15) is 0 Å². The fourth-order valence-corrected chi connectivity index (χ4v) is 4.59. The van der Waals surface area contributed by atoms with Gasteiger partial charge in [0.05, 0.1) is 6.04 Å². The summed E-state index contributed by atoms with van der Waals surface area (Å²) in [4.78, 5) is 15.1. The summed E-state index contributed by atoms with van der Waals surface area (Å²) in [6.45, 7) is 0.884. The highest BCUT2D eigenvalue weighted by atomic mass is 16.2. The van der Waals surface area contributed by atoms with E-state index < -0.39 is 0 Å². The molecule has 3 heteroatoms. The predicted molar refractivity (Wildman–Crippen MR) is 97.6 cm³/mol. The van der Waals surface area contributed by atoms with Crippen LogP contribution in [0.5, 0.6) is 0 Å². The zero-order valence-electron chi connectivity index (χ0n) is 14.2. The Kier molecular flexibility index (Phi) is 4.28. The molecule has 1 saturated heterocycles. The predicted octanol–water partition coefficient (Wildman–Crippen LogP) is 4.02. The number of carbonyl (C=O) groups is 1. The molecule has 2 aromatic rings. The summed E-state index contributed by atoms with van der Waals surface area (Å²) < 4.78 is 0. The Morgan fingerprint density at radius 2 is 1.88 bits per heavy atom. The van der Waals surface area contributed by atoms with E-state index in [1.54, 1.807) is 0 Å². The number of rotatable bonds is 3. The topological polar surface area (TPSA) is 46.3 Å². The minimum absolute atomic E-state index is 0.215. The van der Waals surface area contributed by atoms with Gasteiger partial charge in [0, 0.05) is 19.0 Å². The number of hydrogen-bond donors (Lipinski definition) is 1. The van der Waals surface area contributed by atoms with Crippen LogP contribution in [0.2, 0.25) is 0 Å². The van der Waals surface area contributed by atoms with Crippen LogP contribution in [0.1, 0.15) is 50.1 Å². The van der Waals surface area contributed by atoms with E-state index in [1.165, 1.54) is 22.8 Å². The smallest absolute Gasteiger partial charge is 0.223 e. The van der Waals surface area contributed by atoms with E-state index in [9.17, 15) is 4.79 Å². The number of fused-ring (bicyclic) bond motifs is 1. The fourth-order valence-electron chi connectivity index (χ4n) is 4.59. The first-order valence-corrected chi connectivity index (χ1v) is 9.27. The van der Waals surface area contributed by atoms with E-state index in [4.69, 9.17) is 5.73 Å². The first-order valence-electron chi connectivity index (χ1n) is 9.27. The lowest BCUT2D eigenvalue weighted by Crippen LogP contribution is -2.35. The molecule has 1 amide bonds. The number of likely N-dealkylation sites (tertiary alicyclic amines) is 1. The minimum Gasteiger partial charge on any atom is -0.336 e. The number of benzene rings is 2. The van der Waals surface area contributed by atoms with Gasteiger partial charge >= 0.3 is 0 Å². The first kappa shape index (κ1) is 15.6. The first-order chi connectivity index (χ1) is 11.7. The Labute approximate surface area is 143 Å². The molecule has 2 fully saturated rings. The molecule has 1 heterocycles. The summed E-state index contributed by atoms with van der Waals surface area (Å²) in [5.41, 5.74) is 7.48. The largest absolute Gasteiger partial charge is 0.336 e. The average molecular weight is 322 g/mol. The number of amides is 1. The molecule has 24 heavy (non-hydrogen) atoms. The molecular weight excluding hydrogens is 296 g/mol. The Morgan fingerprint density at radius 1 is 1.04 bits per heavy atom. The van der Waals surface area contributed by atoms with Gasteiger partial charge in [0.25, 0.3) is 0 Å². The maximum absolute atomic E-state index is 12.9.